The van der Waals surface area contributed by atoms with Crippen LogP contribution >= 0.6 is 0 Å². The molecule has 0 N–H and O–H groups in total. The predicted molar refractivity (Wildman–Crippen MR) is 61.2 cm³/mol. The fourth-order valence-electron chi connectivity index (χ4n) is 1.47. The predicted octanol–water partition coefficient (Wildman–Crippen LogP) is 2.43. The zero-order valence-corrected chi connectivity index (χ0v) is 8.54. The van der Waals surface area contributed by atoms with Gasteiger partial charge in [-0.25, -0.2) is 0 Å². The van der Waals surface area contributed by atoms with E-state index in [1.54, 1.807) is 12.4 Å². The summed E-state index contributed by atoms with van der Waals surface area (Å²) < 4.78 is 0. The lowest BCUT2D eigenvalue weighted by Crippen LogP contribution is -1.89. The van der Waals surface area contributed by atoms with Gasteiger partial charge in [-0.1, -0.05) is 30.3 Å². The SMILES string of the molecule is N#C/C=C(/c1ccccc1)c1ccnnc1. The summed E-state index contributed by atoms with van der Waals surface area (Å²) in [6.45, 7) is 0. The van der Waals surface area contributed by atoms with Gasteiger partial charge >= 0.3 is 0 Å². The van der Waals surface area contributed by atoms with Gasteiger partial charge in [-0.05, 0) is 11.6 Å². The molecule has 0 fully saturated rings. The summed E-state index contributed by atoms with van der Waals surface area (Å²) in [6.07, 6.45) is 4.78. The summed E-state index contributed by atoms with van der Waals surface area (Å²) in [6, 6.07) is 13.6. The summed E-state index contributed by atoms with van der Waals surface area (Å²) in [5, 5.41) is 16.3. The van der Waals surface area contributed by atoms with E-state index in [4.69, 9.17) is 5.26 Å². The van der Waals surface area contributed by atoms with Crippen LogP contribution in [0.25, 0.3) is 5.57 Å². The van der Waals surface area contributed by atoms with Crippen LogP contribution in [0.3, 0.4) is 0 Å². The van der Waals surface area contributed by atoms with Crippen molar-refractivity contribution in [2.24, 2.45) is 0 Å². The highest BCUT2D eigenvalue weighted by atomic mass is 15.1. The van der Waals surface area contributed by atoms with E-state index in [1.165, 1.54) is 6.08 Å². The van der Waals surface area contributed by atoms with Crippen molar-refractivity contribution in [1.82, 2.24) is 10.2 Å². The maximum Gasteiger partial charge on any atom is 0.0918 e. The van der Waals surface area contributed by atoms with Crippen molar-refractivity contribution in [3.8, 4) is 6.07 Å². The monoisotopic (exact) mass is 207 g/mol. The van der Waals surface area contributed by atoms with Gasteiger partial charge in [0.1, 0.15) is 0 Å². The van der Waals surface area contributed by atoms with Crippen LogP contribution in [0.2, 0.25) is 0 Å². The van der Waals surface area contributed by atoms with Gasteiger partial charge in [0.05, 0.1) is 18.5 Å². The number of aromatic nitrogens is 2. The second kappa shape index (κ2) is 4.85. The molecule has 1 aromatic heterocycles. The normalized spacial score (nSPS) is 10.8. The van der Waals surface area contributed by atoms with Gasteiger partial charge in [0.25, 0.3) is 0 Å². The molecule has 0 radical (unpaired) electrons. The van der Waals surface area contributed by atoms with Crippen molar-refractivity contribution in [3.05, 3.63) is 66.0 Å². The fraction of sp³-hybridized carbons (Fsp3) is 0. The molecular formula is C13H9N3. The summed E-state index contributed by atoms with van der Waals surface area (Å²) in [5.41, 5.74) is 2.75. The highest BCUT2D eigenvalue weighted by Crippen LogP contribution is 2.21. The Morgan fingerprint density at radius 3 is 2.50 bits per heavy atom. The summed E-state index contributed by atoms with van der Waals surface area (Å²) in [5.74, 6) is 0. The molecule has 76 valence electrons. The molecule has 2 aromatic rings. The highest BCUT2D eigenvalue weighted by Gasteiger charge is 2.03. The average Bonchev–Trinajstić information content (AvgIpc) is 2.38. The molecule has 0 spiro atoms. The summed E-state index contributed by atoms with van der Waals surface area (Å²) in [4.78, 5) is 0. The highest BCUT2D eigenvalue weighted by molar-refractivity contribution is 5.80. The number of allylic oxidation sites excluding steroid dienone is 1. The van der Waals surface area contributed by atoms with Crippen LogP contribution in [0.4, 0.5) is 0 Å². The van der Waals surface area contributed by atoms with E-state index in [0.717, 1.165) is 16.7 Å². The smallest absolute Gasteiger partial charge is 0.0918 e. The van der Waals surface area contributed by atoms with E-state index in [1.807, 2.05) is 36.4 Å². The van der Waals surface area contributed by atoms with E-state index in [0.29, 0.717) is 0 Å². The van der Waals surface area contributed by atoms with Crippen LogP contribution in [0, 0.1) is 11.3 Å². The first kappa shape index (κ1) is 10.1. The quantitative estimate of drug-likeness (QED) is 0.710. The van der Waals surface area contributed by atoms with Crippen LogP contribution < -0.4 is 0 Å². The Bertz CT molecular complexity index is 483. The first-order valence-corrected chi connectivity index (χ1v) is 4.84. The minimum atomic E-state index is 0.859. The van der Waals surface area contributed by atoms with E-state index in [2.05, 4.69) is 16.3 Å². The lowest BCUT2D eigenvalue weighted by atomic mass is 10.00. The first-order chi connectivity index (χ1) is 7.92. The van der Waals surface area contributed by atoms with Crippen molar-refractivity contribution in [3.63, 3.8) is 0 Å². The van der Waals surface area contributed by atoms with Crippen LogP contribution in [0.5, 0.6) is 0 Å². The topological polar surface area (TPSA) is 49.6 Å². The Balaban J connectivity index is 2.50. The summed E-state index contributed by atoms with van der Waals surface area (Å²) >= 11 is 0. The Morgan fingerprint density at radius 1 is 1.06 bits per heavy atom. The van der Waals surface area contributed by atoms with Gasteiger partial charge < -0.3 is 0 Å². The van der Waals surface area contributed by atoms with Gasteiger partial charge in [-0.2, -0.15) is 15.5 Å². The number of benzene rings is 1. The maximum absolute atomic E-state index is 8.80. The zero-order valence-electron chi connectivity index (χ0n) is 8.54. The second-order valence-corrected chi connectivity index (χ2v) is 3.18. The number of hydrogen-bond donors (Lipinski definition) is 0. The molecule has 0 unspecified atom stereocenters. The van der Waals surface area contributed by atoms with Crippen molar-refractivity contribution in [1.29, 1.82) is 5.26 Å². The molecule has 0 bridgehead atoms. The van der Waals surface area contributed by atoms with E-state index in [-0.39, 0.29) is 0 Å². The van der Waals surface area contributed by atoms with Gasteiger partial charge in [0.15, 0.2) is 0 Å². The van der Waals surface area contributed by atoms with E-state index < -0.39 is 0 Å². The molecule has 0 saturated carbocycles. The fourth-order valence-corrected chi connectivity index (χ4v) is 1.47. The molecule has 1 heterocycles. The Kier molecular flexibility index (Phi) is 3.05. The number of rotatable bonds is 2. The van der Waals surface area contributed by atoms with Crippen LogP contribution in [0.15, 0.2) is 54.9 Å². The molecule has 0 aliphatic rings. The largest absolute Gasteiger partial charge is 0.193 e. The Hall–Kier alpha value is -2.47. The molecular weight excluding hydrogens is 198 g/mol. The van der Waals surface area contributed by atoms with Gasteiger partial charge in [-0.3, -0.25) is 0 Å². The minimum Gasteiger partial charge on any atom is -0.193 e. The van der Waals surface area contributed by atoms with Crippen molar-refractivity contribution >= 4 is 5.57 Å². The summed E-state index contributed by atoms with van der Waals surface area (Å²) in [7, 11) is 0. The number of nitriles is 1. The lowest BCUT2D eigenvalue weighted by molar-refractivity contribution is 1.02. The van der Waals surface area contributed by atoms with Gasteiger partial charge in [0, 0.05) is 17.2 Å². The molecule has 2 rings (SSSR count). The molecule has 0 aliphatic carbocycles. The Labute approximate surface area is 93.7 Å². The molecule has 0 saturated heterocycles. The molecule has 0 atom stereocenters. The zero-order chi connectivity index (χ0) is 11.2. The molecule has 1 aromatic carbocycles. The van der Waals surface area contributed by atoms with Crippen LogP contribution in [0.1, 0.15) is 11.1 Å². The van der Waals surface area contributed by atoms with Crippen molar-refractivity contribution in [2.75, 3.05) is 0 Å². The molecule has 3 heteroatoms. The van der Waals surface area contributed by atoms with Gasteiger partial charge in [0.2, 0.25) is 0 Å². The maximum atomic E-state index is 8.80. The molecule has 16 heavy (non-hydrogen) atoms. The third-order valence-corrected chi connectivity index (χ3v) is 2.19. The molecule has 0 amide bonds. The number of hydrogen-bond acceptors (Lipinski definition) is 3. The third kappa shape index (κ3) is 2.12. The van der Waals surface area contributed by atoms with Crippen LogP contribution in [-0.2, 0) is 0 Å². The van der Waals surface area contributed by atoms with E-state index in [9.17, 15) is 0 Å². The lowest BCUT2D eigenvalue weighted by Gasteiger charge is -2.05. The van der Waals surface area contributed by atoms with Crippen LogP contribution in [-0.4, -0.2) is 10.2 Å². The van der Waals surface area contributed by atoms with Crippen molar-refractivity contribution < 1.29 is 0 Å². The Morgan fingerprint density at radius 2 is 1.88 bits per heavy atom. The van der Waals surface area contributed by atoms with Gasteiger partial charge in [-0.15, -0.1) is 0 Å². The van der Waals surface area contributed by atoms with E-state index >= 15 is 0 Å². The number of nitrogens with zero attached hydrogens (tertiary/aromatic N) is 3. The third-order valence-electron chi connectivity index (χ3n) is 2.19. The first-order valence-electron chi connectivity index (χ1n) is 4.84. The standard InChI is InChI=1S/C13H9N3/c14-8-6-13(11-4-2-1-3-5-11)12-7-9-15-16-10-12/h1-7,9-10H/b13-6-. The second-order valence-electron chi connectivity index (χ2n) is 3.18. The average molecular weight is 207 g/mol. The minimum absolute atomic E-state index is 0.859. The van der Waals surface area contributed by atoms with Crippen molar-refractivity contribution in [2.45, 2.75) is 0 Å². The molecule has 3 nitrogen and oxygen atoms in total. The molecule has 0 aliphatic heterocycles.